The Morgan fingerprint density at radius 2 is 2.15 bits per heavy atom. The third-order valence-electron chi connectivity index (χ3n) is 4.57. The molecule has 26 heavy (non-hydrogen) atoms. The van der Waals surface area contributed by atoms with Crippen LogP contribution in [0.5, 0.6) is 0 Å². The Morgan fingerprint density at radius 3 is 2.88 bits per heavy atom. The number of nitrogens with zero attached hydrogens (tertiary/aromatic N) is 5. The molecule has 3 aromatic rings. The summed E-state index contributed by atoms with van der Waals surface area (Å²) in [7, 11) is 1.71. The van der Waals surface area contributed by atoms with E-state index < -0.39 is 5.82 Å². The third-order valence-corrected chi connectivity index (χ3v) is 4.57. The summed E-state index contributed by atoms with van der Waals surface area (Å²) < 4.78 is 19.9. The zero-order chi connectivity index (χ0) is 18.1. The molecule has 0 spiro atoms. The van der Waals surface area contributed by atoms with Crippen molar-refractivity contribution in [2.24, 2.45) is 0 Å². The lowest BCUT2D eigenvalue weighted by Gasteiger charge is -2.17. The Bertz CT molecular complexity index is 940. The van der Waals surface area contributed by atoms with Crippen molar-refractivity contribution < 1.29 is 13.9 Å². The Labute approximate surface area is 149 Å². The second-order valence-electron chi connectivity index (χ2n) is 6.27. The van der Waals surface area contributed by atoms with Gasteiger partial charge in [0.25, 0.3) is 0 Å². The van der Waals surface area contributed by atoms with Gasteiger partial charge >= 0.3 is 0 Å². The van der Waals surface area contributed by atoms with Crippen molar-refractivity contribution in [3.63, 3.8) is 0 Å². The van der Waals surface area contributed by atoms with Crippen LogP contribution < -0.4 is 4.90 Å². The standard InChI is InChI=1S/C18H18FN5O2/c1-26-14-6-7-23(11-14)18-5-4-17-21-10-15(24(17)22-18)16(25)8-13-3-2-12(19)9-20-13/h2-5,9-10,14H,6-8,11H2,1H3/t14-/m0/s1. The molecule has 4 rings (SSSR count). The summed E-state index contributed by atoms with van der Waals surface area (Å²) in [6, 6.07) is 6.54. The fourth-order valence-electron chi connectivity index (χ4n) is 3.12. The highest BCUT2D eigenvalue weighted by molar-refractivity contribution is 5.96. The van der Waals surface area contributed by atoms with E-state index in [1.807, 2.05) is 12.1 Å². The summed E-state index contributed by atoms with van der Waals surface area (Å²) in [4.78, 5) is 23.0. The molecule has 0 amide bonds. The topological polar surface area (TPSA) is 72.6 Å². The number of methoxy groups -OCH3 is 1. The number of hydrogen-bond acceptors (Lipinski definition) is 6. The molecule has 1 atom stereocenters. The predicted octanol–water partition coefficient (Wildman–Crippen LogP) is 1.91. The molecule has 0 bridgehead atoms. The van der Waals surface area contributed by atoms with Gasteiger partial charge in [0.2, 0.25) is 0 Å². The van der Waals surface area contributed by atoms with E-state index in [0.29, 0.717) is 17.0 Å². The molecule has 4 heterocycles. The maximum atomic E-state index is 13.0. The number of fused-ring (bicyclic) bond motifs is 1. The number of anilines is 1. The first-order chi connectivity index (χ1) is 12.6. The molecule has 0 aromatic carbocycles. The summed E-state index contributed by atoms with van der Waals surface area (Å²) in [6.45, 7) is 1.63. The lowest BCUT2D eigenvalue weighted by Crippen LogP contribution is -2.24. The van der Waals surface area contributed by atoms with Crippen molar-refractivity contribution in [1.82, 2.24) is 19.6 Å². The summed E-state index contributed by atoms with van der Waals surface area (Å²) >= 11 is 0. The minimum atomic E-state index is -0.428. The molecule has 134 valence electrons. The van der Waals surface area contributed by atoms with Gasteiger partial charge in [-0.2, -0.15) is 0 Å². The van der Waals surface area contributed by atoms with E-state index in [4.69, 9.17) is 4.74 Å². The summed E-state index contributed by atoms with van der Waals surface area (Å²) in [6.07, 6.45) is 3.82. The van der Waals surface area contributed by atoms with Crippen LogP contribution in [-0.2, 0) is 11.2 Å². The first-order valence-electron chi connectivity index (χ1n) is 8.40. The van der Waals surface area contributed by atoms with Gasteiger partial charge in [0.1, 0.15) is 17.3 Å². The number of aromatic nitrogens is 4. The molecule has 3 aromatic heterocycles. The molecule has 0 unspecified atom stereocenters. The number of ketones is 1. The minimum absolute atomic E-state index is 0.0649. The molecular formula is C18H18FN5O2. The second kappa shape index (κ2) is 6.80. The zero-order valence-electron chi connectivity index (χ0n) is 14.3. The fraction of sp³-hybridized carbons (Fsp3) is 0.333. The quantitative estimate of drug-likeness (QED) is 0.651. The van der Waals surface area contributed by atoms with Gasteiger partial charge in [0, 0.05) is 25.9 Å². The Hall–Kier alpha value is -2.87. The molecule has 0 radical (unpaired) electrons. The number of hydrogen-bond donors (Lipinski definition) is 0. The van der Waals surface area contributed by atoms with Crippen molar-refractivity contribution in [1.29, 1.82) is 0 Å². The largest absolute Gasteiger partial charge is 0.380 e. The van der Waals surface area contributed by atoms with Crippen LogP contribution in [0, 0.1) is 5.82 Å². The average molecular weight is 355 g/mol. The van der Waals surface area contributed by atoms with Gasteiger partial charge in [-0.05, 0) is 30.7 Å². The van der Waals surface area contributed by atoms with E-state index in [1.165, 1.54) is 18.3 Å². The van der Waals surface area contributed by atoms with Crippen molar-refractivity contribution in [2.75, 3.05) is 25.1 Å². The van der Waals surface area contributed by atoms with E-state index in [-0.39, 0.29) is 18.3 Å². The van der Waals surface area contributed by atoms with Gasteiger partial charge in [-0.25, -0.2) is 13.9 Å². The van der Waals surface area contributed by atoms with Crippen LogP contribution in [0.25, 0.3) is 5.65 Å². The van der Waals surface area contributed by atoms with Gasteiger partial charge in [0.05, 0.1) is 24.9 Å². The van der Waals surface area contributed by atoms with Gasteiger partial charge in [0.15, 0.2) is 11.4 Å². The first kappa shape index (κ1) is 16.6. The highest BCUT2D eigenvalue weighted by atomic mass is 19.1. The number of carbonyl (C=O) groups is 1. The highest BCUT2D eigenvalue weighted by Gasteiger charge is 2.24. The maximum Gasteiger partial charge on any atom is 0.188 e. The van der Waals surface area contributed by atoms with Crippen molar-refractivity contribution in [3.05, 3.63) is 53.9 Å². The molecular weight excluding hydrogens is 337 g/mol. The Morgan fingerprint density at radius 1 is 1.27 bits per heavy atom. The van der Waals surface area contributed by atoms with E-state index in [9.17, 15) is 9.18 Å². The van der Waals surface area contributed by atoms with Crippen LogP contribution in [0.3, 0.4) is 0 Å². The smallest absolute Gasteiger partial charge is 0.188 e. The van der Waals surface area contributed by atoms with Crippen LogP contribution in [0.2, 0.25) is 0 Å². The van der Waals surface area contributed by atoms with Crippen molar-refractivity contribution in [2.45, 2.75) is 18.9 Å². The van der Waals surface area contributed by atoms with E-state index in [0.717, 1.165) is 31.5 Å². The van der Waals surface area contributed by atoms with Gasteiger partial charge in [-0.15, -0.1) is 5.10 Å². The molecule has 1 saturated heterocycles. The average Bonchev–Trinajstić information content (AvgIpc) is 3.29. The van der Waals surface area contributed by atoms with Gasteiger partial charge < -0.3 is 9.64 Å². The van der Waals surface area contributed by atoms with Crippen molar-refractivity contribution in [3.8, 4) is 0 Å². The van der Waals surface area contributed by atoms with E-state index in [1.54, 1.807) is 11.6 Å². The maximum absolute atomic E-state index is 13.0. The van der Waals surface area contributed by atoms with Crippen LogP contribution in [-0.4, -0.2) is 51.7 Å². The number of halogens is 1. The molecule has 0 saturated carbocycles. The fourth-order valence-corrected chi connectivity index (χ4v) is 3.12. The number of carbonyl (C=O) groups excluding carboxylic acids is 1. The van der Waals surface area contributed by atoms with Gasteiger partial charge in [-0.3, -0.25) is 9.78 Å². The third kappa shape index (κ3) is 3.15. The first-order valence-corrected chi connectivity index (χ1v) is 8.40. The normalized spacial score (nSPS) is 17.2. The van der Waals surface area contributed by atoms with Crippen LogP contribution in [0.1, 0.15) is 22.6 Å². The van der Waals surface area contributed by atoms with Crippen LogP contribution in [0.15, 0.2) is 36.7 Å². The minimum Gasteiger partial charge on any atom is -0.380 e. The Balaban J connectivity index is 1.60. The monoisotopic (exact) mass is 355 g/mol. The summed E-state index contributed by atoms with van der Waals surface area (Å²) in [5.41, 5.74) is 1.49. The number of rotatable bonds is 5. The molecule has 1 aliphatic rings. The molecule has 8 heteroatoms. The second-order valence-corrected chi connectivity index (χ2v) is 6.27. The number of Topliss-reactive ketones (excluding diaryl/α,β-unsaturated/α-hetero) is 1. The number of ether oxygens (including phenoxy) is 1. The molecule has 1 aliphatic heterocycles. The lowest BCUT2D eigenvalue weighted by molar-refractivity contribution is 0.0985. The highest BCUT2D eigenvalue weighted by Crippen LogP contribution is 2.20. The summed E-state index contributed by atoms with van der Waals surface area (Å²) in [5, 5.41) is 4.59. The number of imidazole rings is 1. The molecule has 7 nitrogen and oxygen atoms in total. The SMILES string of the molecule is CO[C@H]1CCN(c2ccc3ncc(C(=O)Cc4ccc(F)cn4)n3n2)C1. The summed E-state index contributed by atoms with van der Waals surface area (Å²) in [5.74, 6) is 0.184. The molecule has 0 N–H and O–H groups in total. The van der Waals surface area contributed by atoms with Gasteiger partial charge in [-0.1, -0.05) is 0 Å². The Kier molecular flexibility index (Phi) is 4.34. The molecule has 1 fully saturated rings. The lowest BCUT2D eigenvalue weighted by atomic mass is 10.1. The predicted molar refractivity (Wildman–Crippen MR) is 92.8 cm³/mol. The zero-order valence-corrected chi connectivity index (χ0v) is 14.3. The number of pyridine rings is 1. The van der Waals surface area contributed by atoms with Crippen LogP contribution in [0.4, 0.5) is 10.2 Å². The molecule has 0 aliphatic carbocycles. The van der Waals surface area contributed by atoms with E-state index in [2.05, 4.69) is 20.0 Å². The van der Waals surface area contributed by atoms with Crippen molar-refractivity contribution >= 4 is 17.2 Å². The van der Waals surface area contributed by atoms with E-state index >= 15 is 0 Å². The van der Waals surface area contributed by atoms with Crippen LogP contribution >= 0.6 is 0 Å².